The van der Waals surface area contributed by atoms with Gasteiger partial charge in [-0.1, -0.05) is 35.9 Å². The van der Waals surface area contributed by atoms with Crippen molar-refractivity contribution in [2.75, 3.05) is 0 Å². The number of hydrogen-bond acceptors (Lipinski definition) is 2. The van der Waals surface area contributed by atoms with Crippen molar-refractivity contribution in [1.29, 1.82) is 0 Å². The molecule has 3 nitrogen and oxygen atoms in total. The van der Waals surface area contributed by atoms with Gasteiger partial charge in [-0.25, -0.2) is 4.79 Å². The van der Waals surface area contributed by atoms with E-state index >= 15 is 0 Å². The Balaban J connectivity index is 2.20. The first-order chi connectivity index (χ1) is 9.08. The van der Waals surface area contributed by atoms with Crippen LogP contribution in [0.2, 0.25) is 0 Å². The van der Waals surface area contributed by atoms with Gasteiger partial charge in [0.1, 0.15) is 12.4 Å². The monoisotopic (exact) mass is 256 g/mol. The minimum absolute atomic E-state index is 0.257. The first-order valence-corrected chi connectivity index (χ1v) is 6.09. The molecular weight excluding hydrogens is 240 g/mol. The minimum Gasteiger partial charge on any atom is -0.489 e. The predicted octanol–water partition coefficient (Wildman–Crippen LogP) is 3.58. The first-order valence-electron chi connectivity index (χ1n) is 6.09. The fourth-order valence-corrected chi connectivity index (χ4v) is 1.89. The van der Waals surface area contributed by atoms with Crippen LogP contribution >= 0.6 is 0 Å². The van der Waals surface area contributed by atoms with Crippen LogP contribution in [0.25, 0.3) is 0 Å². The standard InChI is InChI=1S/C16H16O3/c1-11-7-8-13(14(9-11)16(17)18)10-19-15-6-4-3-5-12(15)2/h3-9H,10H2,1-2H3,(H,17,18). The van der Waals surface area contributed by atoms with Crippen LogP contribution in [0.3, 0.4) is 0 Å². The molecule has 0 unspecified atom stereocenters. The van der Waals surface area contributed by atoms with Crippen LogP contribution in [-0.4, -0.2) is 11.1 Å². The highest BCUT2D eigenvalue weighted by Gasteiger charge is 2.11. The van der Waals surface area contributed by atoms with Gasteiger partial charge < -0.3 is 9.84 Å². The van der Waals surface area contributed by atoms with Gasteiger partial charge in [0.15, 0.2) is 0 Å². The second-order valence-electron chi connectivity index (χ2n) is 4.52. The molecule has 0 saturated heterocycles. The van der Waals surface area contributed by atoms with Crippen LogP contribution in [0.1, 0.15) is 27.0 Å². The van der Waals surface area contributed by atoms with Gasteiger partial charge in [-0.05, 0) is 31.5 Å². The maximum Gasteiger partial charge on any atom is 0.336 e. The van der Waals surface area contributed by atoms with Gasteiger partial charge in [-0.15, -0.1) is 0 Å². The summed E-state index contributed by atoms with van der Waals surface area (Å²) in [6.07, 6.45) is 0. The summed E-state index contributed by atoms with van der Waals surface area (Å²) in [4.78, 5) is 11.2. The van der Waals surface area contributed by atoms with Gasteiger partial charge in [-0.3, -0.25) is 0 Å². The fourth-order valence-electron chi connectivity index (χ4n) is 1.89. The van der Waals surface area contributed by atoms with Crippen LogP contribution in [0, 0.1) is 13.8 Å². The summed E-state index contributed by atoms with van der Waals surface area (Å²) in [6.45, 7) is 4.09. The lowest BCUT2D eigenvalue weighted by atomic mass is 10.1. The quantitative estimate of drug-likeness (QED) is 0.909. The number of carboxylic acid groups (broad SMARTS) is 1. The van der Waals surface area contributed by atoms with E-state index in [9.17, 15) is 9.90 Å². The lowest BCUT2D eigenvalue weighted by Gasteiger charge is -2.11. The Morgan fingerprint density at radius 1 is 1.16 bits per heavy atom. The van der Waals surface area contributed by atoms with E-state index in [1.54, 1.807) is 12.1 Å². The highest BCUT2D eigenvalue weighted by atomic mass is 16.5. The zero-order valence-electron chi connectivity index (χ0n) is 11.0. The van der Waals surface area contributed by atoms with Crippen LogP contribution in [0.5, 0.6) is 5.75 Å². The van der Waals surface area contributed by atoms with E-state index < -0.39 is 5.97 Å². The Kier molecular flexibility index (Phi) is 3.85. The number of hydrogen-bond donors (Lipinski definition) is 1. The molecule has 0 aliphatic rings. The summed E-state index contributed by atoms with van der Waals surface area (Å²) >= 11 is 0. The summed E-state index contributed by atoms with van der Waals surface area (Å²) in [5.41, 5.74) is 2.94. The second kappa shape index (κ2) is 5.57. The third-order valence-corrected chi connectivity index (χ3v) is 2.97. The molecule has 0 radical (unpaired) electrons. The molecule has 0 aliphatic heterocycles. The van der Waals surface area contributed by atoms with Crippen LogP contribution < -0.4 is 4.74 Å². The van der Waals surface area contributed by atoms with Gasteiger partial charge in [0.25, 0.3) is 0 Å². The molecule has 2 aromatic rings. The van der Waals surface area contributed by atoms with Crippen molar-refractivity contribution in [3.05, 3.63) is 64.7 Å². The fraction of sp³-hybridized carbons (Fsp3) is 0.188. The highest BCUT2D eigenvalue weighted by Crippen LogP contribution is 2.19. The van der Waals surface area contributed by atoms with Crippen molar-refractivity contribution >= 4 is 5.97 Å². The van der Waals surface area contributed by atoms with E-state index in [2.05, 4.69) is 0 Å². The van der Waals surface area contributed by atoms with Gasteiger partial charge in [0.2, 0.25) is 0 Å². The second-order valence-corrected chi connectivity index (χ2v) is 4.52. The molecule has 0 aromatic heterocycles. The van der Waals surface area contributed by atoms with E-state index in [0.717, 1.165) is 16.9 Å². The predicted molar refractivity (Wildman–Crippen MR) is 73.6 cm³/mol. The number of aromatic carboxylic acids is 1. The summed E-state index contributed by atoms with van der Waals surface area (Å²) < 4.78 is 5.69. The Hall–Kier alpha value is -2.29. The number of para-hydroxylation sites is 1. The number of rotatable bonds is 4. The molecule has 0 fully saturated rings. The molecule has 0 bridgehead atoms. The summed E-state index contributed by atoms with van der Waals surface area (Å²) in [5.74, 6) is -0.147. The summed E-state index contributed by atoms with van der Waals surface area (Å²) in [6, 6.07) is 13.0. The molecule has 0 amide bonds. The number of ether oxygens (including phenoxy) is 1. The third-order valence-electron chi connectivity index (χ3n) is 2.97. The molecular formula is C16H16O3. The van der Waals surface area contributed by atoms with E-state index in [4.69, 9.17) is 4.74 Å². The number of carbonyl (C=O) groups is 1. The first kappa shape index (κ1) is 13.1. The largest absolute Gasteiger partial charge is 0.489 e. The Bertz CT molecular complexity index is 603. The van der Waals surface area contributed by atoms with Gasteiger partial charge in [0, 0.05) is 5.56 Å². The zero-order chi connectivity index (χ0) is 13.8. The Labute approximate surface area is 112 Å². The number of benzene rings is 2. The molecule has 0 aliphatic carbocycles. The highest BCUT2D eigenvalue weighted by molar-refractivity contribution is 5.89. The summed E-state index contributed by atoms with van der Waals surface area (Å²) in [5, 5.41) is 9.19. The van der Waals surface area contributed by atoms with Crippen molar-refractivity contribution in [3.63, 3.8) is 0 Å². The van der Waals surface area contributed by atoms with Crippen LogP contribution in [0.15, 0.2) is 42.5 Å². The average Bonchev–Trinajstić information content (AvgIpc) is 2.38. The molecule has 2 rings (SSSR count). The normalized spacial score (nSPS) is 10.2. The van der Waals surface area contributed by atoms with Gasteiger partial charge >= 0.3 is 5.97 Å². The molecule has 2 aromatic carbocycles. The van der Waals surface area contributed by atoms with Crippen molar-refractivity contribution < 1.29 is 14.6 Å². The van der Waals surface area contributed by atoms with Gasteiger partial charge in [0.05, 0.1) is 5.56 Å². The summed E-state index contributed by atoms with van der Waals surface area (Å²) in [7, 11) is 0. The maximum atomic E-state index is 11.2. The maximum absolute atomic E-state index is 11.2. The number of aryl methyl sites for hydroxylation is 2. The molecule has 0 saturated carbocycles. The van der Waals surface area contributed by atoms with Gasteiger partial charge in [-0.2, -0.15) is 0 Å². The molecule has 0 atom stereocenters. The van der Waals surface area contributed by atoms with Crippen LogP contribution in [0.4, 0.5) is 0 Å². The molecule has 98 valence electrons. The van der Waals surface area contributed by atoms with E-state index in [0.29, 0.717) is 11.1 Å². The van der Waals surface area contributed by atoms with E-state index in [1.165, 1.54) is 0 Å². The van der Waals surface area contributed by atoms with Crippen molar-refractivity contribution in [3.8, 4) is 5.75 Å². The van der Waals surface area contributed by atoms with E-state index in [1.807, 2.05) is 44.2 Å². The smallest absolute Gasteiger partial charge is 0.336 e. The Morgan fingerprint density at radius 3 is 2.58 bits per heavy atom. The molecule has 0 spiro atoms. The lowest BCUT2D eigenvalue weighted by Crippen LogP contribution is -2.06. The minimum atomic E-state index is -0.924. The van der Waals surface area contributed by atoms with Crippen molar-refractivity contribution in [2.45, 2.75) is 20.5 Å². The average molecular weight is 256 g/mol. The molecule has 19 heavy (non-hydrogen) atoms. The van der Waals surface area contributed by atoms with Crippen molar-refractivity contribution in [1.82, 2.24) is 0 Å². The van der Waals surface area contributed by atoms with Crippen LogP contribution in [-0.2, 0) is 6.61 Å². The Morgan fingerprint density at radius 2 is 1.89 bits per heavy atom. The SMILES string of the molecule is Cc1ccc(COc2ccccc2C)c(C(=O)O)c1. The molecule has 0 heterocycles. The van der Waals surface area contributed by atoms with Crippen molar-refractivity contribution in [2.24, 2.45) is 0 Å². The lowest BCUT2D eigenvalue weighted by molar-refractivity contribution is 0.0694. The molecule has 3 heteroatoms. The third kappa shape index (κ3) is 3.13. The number of carboxylic acids is 1. The van der Waals surface area contributed by atoms with E-state index in [-0.39, 0.29) is 6.61 Å². The topological polar surface area (TPSA) is 46.5 Å². The molecule has 1 N–H and O–H groups in total. The zero-order valence-corrected chi connectivity index (χ0v) is 11.0.